The van der Waals surface area contributed by atoms with Crippen LogP contribution < -0.4 is 5.32 Å². The quantitative estimate of drug-likeness (QED) is 0.843. The summed E-state index contributed by atoms with van der Waals surface area (Å²) in [6, 6.07) is 0. The first-order chi connectivity index (χ1) is 8.25. The highest BCUT2D eigenvalue weighted by Gasteiger charge is 2.05. The molecule has 1 amide bonds. The minimum absolute atomic E-state index is 0.0124. The highest BCUT2D eigenvalue weighted by Crippen LogP contribution is 2.16. The van der Waals surface area contributed by atoms with Gasteiger partial charge in [-0.3, -0.25) is 4.79 Å². The number of thiazole rings is 1. The monoisotopic (exact) mass is 268 g/mol. The molecule has 0 aliphatic carbocycles. The van der Waals surface area contributed by atoms with Crippen LogP contribution >= 0.6 is 23.1 Å². The Balaban J connectivity index is 1.72. The molecule has 1 N–H and O–H groups in total. The fourth-order valence-electron chi connectivity index (χ4n) is 1.19. The van der Waals surface area contributed by atoms with Gasteiger partial charge in [0.15, 0.2) is 10.3 Å². The summed E-state index contributed by atoms with van der Waals surface area (Å²) in [5, 5.41) is 6.15. The van der Waals surface area contributed by atoms with Crippen molar-refractivity contribution in [2.75, 3.05) is 11.1 Å². The number of carbonyl (C=O) groups is 1. The largest absolute Gasteiger partial charge is 0.329 e. The molecule has 2 aromatic rings. The van der Waals surface area contributed by atoms with E-state index in [-0.39, 0.29) is 5.91 Å². The van der Waals surface area contributed by atoms with Crippen molar-refractivity contribution in [1.29, 1.82) is 0 Å². The number of aromatic nitrogens is 3. The summed E-state index contributed by atoms with van der Waals surface area (Å²) >= 11 is 2.99. The molecular formula is C10H12N4OS2. The maximum atomic E-state index is 11.5. The van der Waals surface area contributed by atoms with Crippen LogP contribution in [0.25, 0.3) is 0 Å². The first-order valence-corrected chi connectivity index (χ1v) is 6.91. The molecule has 90 valence electrons. The van der Waals surface area contributed by atoms with Crippen LogP contribution in [-0.4, -0.2) is 26.2 Å². The number of amides is 1. The number of thioether (sulfide) groups is 1. The van der Waals surface area contributed by atoms with Gasteiger partial charge in [-0.2, -0.15) is 0 Å². The summed E-state index contributed by atoms with van der Waals surface area (Å²) in [7, 11) is 1.94. The normalized spacial score (nSPS) is 10.4. The van der Waals surface area contributed by atoms with Gasteiger partial charge in [0.1, 0.15) is 0 Å². The van der Waals surface area contributed by atoms with E-state index in [1.807, 2.05) is 23.2 Å². The van der Waals surface area contributed by atoms with E-state index in [1.54, 1.807) is 24.2 Å². The maximum absolute atomic E-state index is 11.5. The van der Waals surface area contributed by atoms with Crippen molar-refractivity contribution in [2.24, 2.45) is 7.05 Å². The fraction of sp³-hybridized carbons (Fsp3) is 0.300. The number of anilines is 1. The summed E-state index contributed by atoms with van der Waals surface area (Å²) < 4.78 is 1.93. The molecule has 17 heavy (non-hydrogen) atoms. The van der Waals surface area contributed by atoms with Gasteiger partial charge < -0.3 is 9.88 Å². The minimum atomic E-state index is -0.0124. The number of aryl methyl sites for hydroxylation is 1. The van der Waals surface area contributed by atoms with E-state index in [9.17, 15) is 4.79 Å². The third-order valence-corrected chi connectivity index (χ3v) is 3.76. The van der Waals surface area contributed by atoms with Crippen molar-refractivity contribution < 1.29 is 4.79 Å². The Kier molecular flexibility index (Phi) is 4.16. The molecule has 2 heterocycles. The van der Waals surface area contributed by atoms with Crippen LogP contribution in [0, 0.1) is 0 Å². The third kappa shape index (κ3) is 3.57. The van der Waals surface area contributed by atoms with Crippen molar-refractivity contribution >= 4 is 34.1 Å². The van der Waals surface area contributed by atoms with E-state index < -0.39 is 0 Å². The van der Waals surface area contributed by atoms with E-state index in [2.05, 4.69) is 15.3 Å². The Labute approximate surface area is 107 Å². The summed E-state index contributed by atoms with van der Waals surface area (Å²) in [6.45, 7) is 0. The van der Waals surface area contributed by atoms with Gasteiger partial charge in [-0.15, -0.1) is 11.3 Å². The smallest absolute Gasteiger partial charge is 0.226 e. The van der Waals surface area contributed by atoms with Gasteiger partial charge in [-0.25, -0.2) is 9.97 Å². The summed E-state index contributed by atoms with van der Waals surface area (Å²) in [5.74, 6) is 0.698. The maximum Gasteiger partial charge on any atom is 0.226 e. The predicted octanol–water partition coefficient (Wildman–Crippen LogP) is 2.00. The predicted molar refractivity (Wildman–Crippen MR) is 69.3 cm³/mol. The molecule has 0 bridgehead atoms. The summed E-state index contributed by atoms with van der Waals surface area (Å²) in [4.78, 5) is 19.7. The first kappa shape index (κ1) is 12.1. The average molecular weight is 268 g/mol. The second-order valence-electron chi connectivity index (χ2n) is 3.30. The van der Waals surface area contributed by atoms with Crippen molar-refractivity contribution in [3.8, 4) is 0 Å². The molecular weight excluding hydrogens is 256 g/mol. The van der Waals surface area contributed by atoms with Gasteiger partial charge in [0.05, 0.1) is 0 Å². The van der Waals surface area contributed by atoms with Gasteiger partial charge >= 0.3 is 0 Å². The standard InChI is InChI=1S/C10H12N4OS2/c1-14-5-3-12-10(14)17-6-2-8(15)13-9-11-4-7-16-9/h3-5,7H,2,6H2,1H3,(H,11,13,15). The zero-order valence-electron chi connectivity index (χ0n) is 9.29. The lowest BCUT2D eigenvalue weighted by atomic mass is 10.5. The molecule has 0 fully saturated rings. The van der Waals surface area contributed by atoms with Crippen LogP contribution in [0.5, 0.6) is 0 Å². The highest BCUT2D eigenvalue weighted by molar-refractivity contribution is 7.99. The van der Waals surface area contributed by atoms with Gasteiger partial charge in [0.25, 0.3) is 0 Å². The van der Waals surface area contributed by atoms with E-state index >= 15 is 0 Å². The van der Waals surface area contributed by atoms with Crippen LogP contribution in [0.4, 0.5) is 5.13 Å². The number of rotatable bonds is 5. The topological polar surface area (TPSA) is 59.8 Å². The fourth-order valence-corrected chi connectivity index (χ4v) is 2.61. The first-order valence-electron chi connectivity index (χ1n) is 5.05. The van der Waals surface area contributed by atoms with Crippen LogP contribution in [0.1, 0.15) is 6.42 Å². The lowest BCUT2D eigenvalue weighted by Crippen LogP contribution is -2.12. The lowest BCUT2D eigenvalue weighted by molar-refractivity contribution is -0.115. The van der Waals surface area contributed by atoms with Crippen molar-refractivity contribution in [3.05, 3.63) is 24.0 Å². The Morgan fingerprint density at radius 3 is 3.06 bits per heavy atom. The zero-order chi connectivity index (χ0) is 12.1. The number of hydrogen-bond donors (Lipinski definition) is 1. The number of nitrogens with one attached hydrogen (secondary N) is 1. The minimum Gasteiger partial charge on any atom is -0.329 e. The van der Waals surface area contributed by atoms with Gasteiger partial charge in [-0.05, 0) is 0 Å². The van der Waals surface area contributed by atoms with Crippen LogP contribution in [0.2, 0.25) is 0 Å². The molecule has 0 spiro atoms. The highest BCUT2D eigenvalue weighted by atomic mass is 32.2. The molecule has 0 saturated heterocycles. The molecule has 2 rings (SSSR count). The molecule has 0 radical (unpaired) electrons. The number of hydrogen-bond acceptors (Lipinski definition) is 5. The van der Waals surface area contributed by atoms with Gasteiger partial charge in [0.2, 0.25) is 5.91 Å². The molecule has 0 aliphatic heterocycles. The number of carbonyl (C=O) groups excluding carboxylic acids is 1. The average Bonchev–Trinajstić information content (AvgIpc) is 2.91. The lowest BCUT2D eigenvalue weighted by Gasteiger charge is -2.02. The molecule has 0 aromatic carbocycles. The van der Waals surface area contributed by atoms with Crippen LogP contribution in [0.3, 0.4) is 0 Å². The third-order valence-electron chi connectivity index (χ3n) is 2.02. The Morgan fingerprint density at radius 2 is 2.41 bits per heavy atom. The molecule has 7 heteroatoms. The van der Waals surface area contributed by atoms with Gasteiger partial charge in [-0.1, -0.05) is 11.8 Å². The van der Waals surface area contributed by atoms with Crippen LogP contribution in [-0.2, 0) is 11.8 Å². The van der Waals surface area contributed by atoms with Crippen molar-refractivity contribution in [1.82, 2.24) is 14.5 Å². The van der Waals surface area contributed by atoms with E-state index in [0.29, 0.717) is 17.3 Å². The number of nitrogens with zero attached hydrogens (tertiary/aromatic N) is 3. The number of imidazole rings is 1. The molecule has 0 aliphatic rings. The SMILES string of the molecule is Cn1ccnc1SCCC(=O)Nc1nccs1. The van der Waals surface area contributed by atoms with E-state index in [1.165, 1.54) is 11.3 Å². The summed E-state index contributed by atoms with van der Waals surface area (Å²) in [6.07, 6.45) is 5.76. The van der Waals surface area contributed by atoms with Crippen molar-refractivity contribution in [3.63, 3.8) is 0 Å². The van der Waals surface area contributed by atoms with E-state index in [0.717, 1.165) is 5.16 Å². The molecule has 0 atom stereocenters. The molecule has 0 unspecified atom stereocenters. The Hall–Kier alpha value is -1.34. The molecule has 5 nitrogen and oxygen atoms in total. The van der Waals surface area contributed by atoms with Crippen molar-refractivity contribution in [2.45, 2.75) is 11.6 Å². The summed E-state index contributed by atoms with van der Waals surface area (Å²) in [5.41, 5.74) is 0. The molecule has 2 aromatic heterocycles. The van der Waals surface area contributed by atoms with Gasteiger partial charge in [0, 0.05) is 43.2 Å². The zero-order valence-corrected chi connectivity index (χ0v) is 10.9. The Bertz CT molecular complexity index is 480. The second kappa shape index (κ2) is 5.83. The second-order valence-corrected chi connectivity index (χ2v) is 5.26. The van der Waals surface area contributed by atoms with Crippen LogP contribution in [0.15, 0.2) is 29.1 Å². The van der Waals surface area contributed by atoms with E-state index in [4.69, 9.17) is 0 Å². The Morgan fingerprint density at radius 1 is 1.53 bits per heavy atom. The molecule has 0 saturated carbocycles.